The standard InChI is InChI=1S/C24H24N4O2/c29-23(17-11-12-17)26-18-13-9-16(10-14-18)15-25-24(30)22-20-7-4-8-21(20)28(27-22)19-5-2-1-3-6-19/h1-3,5-6,9-10,13-14,17H,4,7-8,11-12,15H2,(H,25,30)(H,26,29). The van der Waals surface area contributed by atoms with Crippen molar-refractivity contribution in [2.75, 3.05) is 5.32 Å². The summed E-state index contributed by atoms with van der Waals surface area (Å²) in [6.45, 7) is 0.419. The van der Waals surface area contributed by atoms with Gasteiger partial charge in [-0.3, -0.25) is 9.59 Å². The van der Waals surface area contributed by atoms with E-state index >= 15 is 0 Å². The number of carbonyl (C=O) groups is 2. The summed E-state index contributed by atoms with van der Waals surface area (Å²) in [5.74, 6) is 0.134. The molecule has 0 bridgehead atoms. The molecule has 0 aliphatic heterocycles. The lowest BCUT2D eigenvalue weighted by Gasteiger charge is -2.07. The van der Waals surface area contributed by atoms with Gasteiger partial charge in [-0.25, -0.2) is 4.68 Å². The van der Waals surface area contributed by atoms with Crippen LogP contribution in [0.3, 0.4) is 0 Å². The molecule has 1 heterocycles. The lowest BCUT2D eigenvalue weighted by molar-refractivity contribution is -0.117. The number of benzene rings is 2. The normalized spacial score (nSPS) is 14.9. The van der Waals surface area contributed by atoms with Gasteiger partial charge in [0.1, 0.15) is 0 Å². The van der Waals surface area contributed by atoms with Crippen LogP contribution < -0.4 is 10.6 Å². The van der Waals surface area contributed by atoms with Gasteiger partial charge < -0.3 is 10.6 Å². The van der Waals surface area contributed by atoms with Gasteiger partial charge in [0.25, 0.3) is 5.91 Å². The van der Waals surface area contributed by atoms with Crippen LogP contribution in [0.2, 0.25) is 0 Å². The van der Waals surface area contributed by atoms with Crippen LogP contribution in [-0.2, 0) is 24.2 Å². The van der Waals surface area contributed by atoms with Gasteiger partial charge in [-0.15, -0.1) is 0 Å². The zero-order valence-electron chi connectivity index (χ0n) is 16.7. The average Bonchev–Trinajstić information content (AvgIpc) is 3.41. The van der Waals surface area contributed by atoms with E-state index in [0.717, 1.165) is 60.3 Å². The van der Waals surface area contributed by atoms with Crippen molar-refractivity contribution in [1.29, 1.82) is 0 Å². The predicted molar refractivity (Wildman–Crippen MR) is 115 cm³/mol. The molecule has 30 heavy (non-hydrogen) atoms. The highest BCUT2D eigenvalue weighted by Gasteiger charge is 2.29. The molecular weight excluding hydrogens is 376 g/mol. The minimum atomic E-state index is -0.144. The van der Waals surface area contributed by atoms with E-state index in [-0.39, 0.29) is 17.7 Å². The first-order chi connectivity index (χ1) is 14.7. The van der Waals surface area contributed by atoms with Crippen molar-refractivity contribution in [2.45, 2.75) is 38.6 Å². The van der Waals surface area contributed by atoms with Crippen LogP contribution >= 0.6 is 0 Å². The van der Waals surface area contributed by atoms with Crippen LogP contribution in [0, 0.1) is 5.92 Å². The first kappa shape index (κ1) is 18.6. The Hall–Kier alpha value is -3.41. The van der Waals surface area contributed by atoms with Gasteiger partial charge in [-0.05, 0) is 61.9 Å². The van der Waals surface area contributed by atoms with Crippen molar-refractivity contribution < 1.29 is 9.59 Å². The highest BCUT2D eigenvalue weighted by Crippen LogP contribution is 2.30. The molecule has 2 aromatic carbocycles. The van der Waals surface area contributed by atoms with Gasteiger partial charge in [-0.1, -0.05) is 30.3 Å². The third-order valence-electron chi connectivity index (χ3n) is 5.77. The molecule has 1 fully saturated rings. The molecule has 0 radical (unpaired) electrons. The van der Waals surface area contributed by atoms with Gasteiger partial charge in [-0.2, -0.15) is 5.10 Å². The molecule has 2 aliphatic rings. The van der Waals surface area contributed by atoms with Crippen LogP contribution in [0.4, 0.5) is 5.69 Å². The minimum absolute atomic E-state index is 0.0962. The Kier molecular flexibility index (Phi) is 4.83. The highest BCUT2D eigenvalue weighted by atomic mass is 16.2. The Bertz CT molecular complexity index is 1080. The molecule has 0 spiro atoms. The number of para-hydroxylation sites is 1. The zero-order valence-corrected chi connectivity index (χ0v) is 16.7. The molecule has 0 saturated heterocycles. The van der Waals surface area contributed by atoms with Crippen molar-refractivity contribution >= 4 is 17.5 Å². The van der Waals surface area contributed by atoms with Gasteiger partial charge in [0.05, 0.1) is 5.69 Å². The molecule has 1 aromatic heterocycles. The molecule has 6 nitrogen and oxygen atoms in total. The Morgan fingerprint density at radius 1 is 1.00 bits per heavy atom. The smallest absolute Gasteiger partial charge is 0.272 e. The number of hydrogen-bond donors (Lipinski definition) is 2. The van der Waals surface area contributed by atoms with E-state index in [2.05, 4.69) is 15.7 Å². The third-order valence-corrected chi connectivity index (χ3v) is 5.77. The van der Waals surface area contributed by atoms with E-state index in [4.69, 9.17) is 0 Å². The first-order valence-electron chi connectivity index (χ1n) is 10.5. The molecule has 152 valence electrons. The van der Waals surface area contributed by atoms with Crippen molar-refractivity contribution in [3.8, 4) is 5.69 Å². The van der Waals surface area contributed by atoms with Gasteiger partial charge in [0.15, 0.2) is 5.69 Å². The van der Waals surface area contributed by atoms with E-state index < -0.39 is 0 Å². The van der Waals surface area contributed by atoms with Crippen molar-refractivity contribution in [3.05, 3.63) is 77.1 Å². The van der Waals surface area contributed by atoms with Crippen LogP contribution in [0.1, 0.15) is 46.6 Å². The van der Waals surface area contributed by atoms with E-state index in [9.17, 15) is 9.59 Å². The summed E-state index contributed by atoms with van der Waals surface area (Å²) < 4.78 is 1.91. The van der Waals surface area contributed by atoms with Crippen molar-refractivity contribution in [1.82, 2.24) is 15.1 Å². The second-order valence-corrected chi connectivity index (χ2v) is 8.02. The number of nitrogens with zero attached hydrogens (tertiary/aromatic N) is 2. The fourth-order valence-corrected chi connectivity index (χ4v) is 3.96. The van der Waals surface area contributed by atoms with Crippen LogP contribution in [0.15, 0.2) is 54.6 Å². The fourth-order valence-electron chi connectivity index (χ4n) is 3.96. The third kappa shape index (κ3) is 3.73. The number of rotatable bonds is 6. The number of aromatic nitrogens is 2. The Balaban J connectivity index is 1.26. The van der Waals surface area contributed by atoms with Crippen LogP contribution in [0.25, 0.3) is 5.69 Å². The molecule has 0 atom stereocenters. The highest BCUT2D eigenvalue weighted by molar-refractivity contribution is 5.95. The molecule has 5 rings (SSSR count). The Morgan fingerprint density at radius 3 is 2.50 bits per heavy atom. The number of nitrogens with one attached hydrogen (secondary N) is 2. The molecule has 0 unspecified atom stereocenters. The Morgan fingerprint density at radius 2 is 1.77 bits per heavy atom. The Labute approximate surface area is 175 Å². The van der Waals surface area contributed by atoms with Crippen molar-refractivity contribution in [2.24, 2.45) is 5.92 Å². The number of fused-ring (bicyclic) bond motifs is 1. The topological polar surface area (TPSA) is 76.0 Å². The number of anilines is 1. The summed E-state index contributed by atoms with van der Waals surface area (Å²) in [6.07, 6.45) is 4.85. The molecule has 2 N–H and O–H groups in total. The number of hydrogen-bond acceptors (Lipinski definition) is 3. The van der Waals surface area contributed by atoms with Gasteiger partial charge in [0, 0.05) is 29.4 Å². The molecular formula is C24H24N4O2. The van der Waals surface area contributed by atoms with Gasteiger partial charge >= 0.3 is 0 Å². The maximum atomic E-state index is 12.9. The van der Waals surface area contributed by atoms with Crippen molar-refractivity contribution in [3.63, 3.8) is 0 Å². The number of carbonyl (C=O) groups excluding carboxylic acids is 2. The van der Waals surface area contributed by atoms with Crippen LogP contribution in [-0.4, -0.2) is 21.6 Å². The van der Waals surface area contributed by atoms with E-state index in [0.29, 0.717) is 12.2 Å². The summed E-state index contributed by atoms with van der Waals surface area (Å²) in [5, 5.41) is 10.6. The average molecular weight is 400 g/mol. The maximum absolute atomic E-state index is 12.9. The molecule has 6 heteroatoms. The summed E-state index contributed by atoms with van der Waals surface area (Å²) in [4.78, 5) is 24.7. The largest absolute Gasteiger partial charge is 0.347 e. The predicted octanol–water partition coefficient (Wildman–Crippen LogP) is 3.64. The number of amides is 2. The summed E-state index contributed by atoms with van der Waals surface area (Å²) in [6, 6.07) is 17.6. The second kappa shape index (κ2) is 7.78. The quantitative estimate of drug-likeness (QED) is 0.663. The lowest BCUT2D eigenvalue weighted by Crippen LogP contribution is -2.24. The molecule has 2 amide bonds. The maximum Gasteiger partial charge on any atom is 0.272 e. The monoisotopic (exact) mass is 400 g/mol. The first-order valence-corrected chi connectivity index (χ1v) is 10.5. The second-order valence-electron chi connectivity index (χ2n) is 8.02. The van der Waals surface area contributed by atoms with Crippen LogP contribution in [0.5, 0.6) is 0 Å². The molecule has 3 aromatic rings. The summed E-state index contributed by atoms with van der Waals surface area (Å²) in [5.41, 5.74) is 5.49. The summed E-state index contributed by atoms with van der Waals surface area (Å²) in [7, 11) is 0. The van der Waals surface area contributed by atoms with E-state index in [1.807, 2.05) is 59.3 Å². The fraction of sp³-hybridized carbons (Fsp3) is 0.292. The van der Waals surface area contributed by atoms with E-state index in [1.54, 1.807) is 0 Å². The SMILES string of the molecule is O=C(NCc1ccc(NC(=O)C2CC2)cc1)c1nn(-c2ccccc2)c2c1CCC2. The molecule has 1 saturated carbocycles. The lowest BCUT2D eigenvalue weighted by atomic mass is 10.1. The zero-order chi connectivity index (χ0) is 20.5. The van der Waals surface area contributed by atoms with Gasteiger partial charge in [0.2, 0.25) is 5.91 Å². The minimum Gasteiger partial charge on any atom is -0.347 e. The molecule has 2 aliphatic carbocycles. The van der Waals surface area contributed by atoms with E-state index in [1.165, 1.54) is 0 Å². The summed E-state index contributed by atoms with van der Waals surface area (Å²) >= 11 is 0.